The molecule has 0 aliphatic carbocycles. The molecule has 0 radical (unpaired) electrons. The lowest BCUT2D eigenvalue weighted by Gasteiger charge is -2.35. The molecule has 0 spiro atoms. The van der Waals surface area contributed by atoms with Gasteiger partial charge in [0.2, 0.25) is 0 Å². The van der Waals surface area contributed by atoms with Gasteiger partial charge in [-0.2, -0.15) is 0 Å². The lowest BCUT2D eigenvalue weighted by atomic mass is 9.94. The number of rotatable bonds is 3. The van der Waals surface area contributed by atoms with Crippen LogP contribution in [0, 0.1) is 18.7 Å². The number of likely N-dealkylation sites (tertiary alicyclic amines) is 1. The fourth-order valence-electron chi connectivity index (χ4n) is 2.65. The minimum Gasteiger partial charge on any atom is -0.310 e. The average molecular weight is 250 g/mol. The van der Waals surface area contributed by atoms with Crippen molar-refractivity contribution in [3.63, 3.8) is 0 Å². The molecular formula is C15H23FN2. The average Bonchev–Trinajstić information content (AvgIpc) is 2.32. The van der Waals surface area contributed by atoms with E-state index in [1.165, 1.54) is 6.42 Å². The summed E-state index contributed by atoms with van der Waals surface area (Å²) in [4.78, 5) is 2.37. The molecule has 1 aromatic rings. The summed E-state index contributed by atoms with van der Waals surface area (Å²) < 4.78 is 13.4. The molecule has 2 nitrogen and oxygen atoms in total. The number of hydrogen-bond donors (Lipinski definition) is 1. The minimum absolute atomic E-state index is 0.106. The lowest BCUT2D eigenvalue weighted by molar-refractivity contribution is 0.174. The van der Waals surface area contributed by atoms with Crippen LogP contribution in [0.2, 0.25) is 0 Å². The SMILES string of the molecule is Cc1ccc(CNC2CCN(C)CC2C)cc1F. The fourth-order valence-corrected chi connectivity index (χ4v) is 2.65. The molecule has 3 heteroatoms. The second-order valence-corrected chi connectivity index (χ2v) is 5.60. The highest BCUT2D eigenvalue weighted by Crippen LogP contribution is 2.16. The van der Waals surface area contributed by atoms with Crippen molar-refractivity contribution in [3.05, 3.63) is 35.1 Å². The molecule has 18 heavy (non-hydrogen) atoms. The summed E-state index contributed by atoms with van der Waals surface area (Å²) in [5, 5.41) is 3.56. The molecule has 2 atom stereocenters. The molecule has 1 heterocycles. The van der Waals surface area contributed by atoms with E-state index in [0.717, 1.165) is 25.2 Å². The van der Waals surface area contributed by atoms with Crippen LogP contribution >= 0.6 is 0 Å². The maximum absolute atomic E-state index is 13.4. The number of hydrogen-bond acceptors (Lipinski definition) is 2. The second kappa shape index (κ2) is 5.81. The standard InChI is InChI=1S/C15H23FN2/c1-11-4-5-13(8-14(11)16)9-17-15-6-7-18(3)10-12(15)2/h4-5,8,12,15,17H,6-7,9-10H2,1-3H3. The zero-order chi connectivity index (χ0) is 13.1. The molecular weight excluding hydrogens is 227 g/mol. The minimum atomic E-state index is -0.106. The van der Waals surface area contributed by atoms with Crippen LogP contribution in [-0.2, 0) is 6.54 Å². The van der Waals surface area contributed by atoms with Gasteiger partial charge in [-0.05, 0) is 50.0 Å². The van der Waals surface area contributed by atoms with Crippen LogP contribution in [-0.4, -0.2) is 31.1 Å². The number of halogens is 1. The van der Waals surface area contributed by atoms with E-state index in [-0.39, 0.29) is 5.82 Å². The molecule has 1 aliphatic rings. The second-order valence-electron chi connectivity index (χ2n) is 5.60. The van der Waals surface area contributed by atoms with Crippen molar-refractivity contribution in [3.8, 4) is 0 Å². The van der Waals surface area contributed by atoms with Gasteiger partial charge in [-0.25, -0.2) is 4.39 Å². The van der Waals surface area contributed by atoms with Crippen molar-refractivity contribution in [1.82, 2.24) is 10.2 Å². The van der Waals surface area contributed by atoms with E-state index in [9.17, 15) is 4.39 Å². The highest BCUT2D eigenvalue weighted by Gasteiger charge is 2.23. The molecule has 0 bridgehead atoms. The first-order valence-corrected chi connectivity index (χ1v) is 6.73. The van der Waals surface area contributed by atoms with Gasteiger partial charge in [0.25, 0.3) is 0 Å². The predicted octanol–water partition coefficient (Wildman–Crippen LogP) is 2.56. The van der Waals surface area contributed by atoms with Crippen molar-refractivity contribution in [2.24, 2.45) is 5.92 Å². The summed E-state index contributed by atoms with van der Waals surface area (Å²) >= 11 is 0. The molecule has 2 rings (SSSR count). The third-order valence-corrected chi connectivity index (χ3v) is 3.91. The van der Waals surface area contributed by atoms with Crippen LogP contribution in [0.25, 0.3) is 0 Å². The van der Waals surface area contributed by atoms with Crippen LogP contribution in [0.1, 0.15) is 24.5 Å². The fraction of sp³-hybridized carbons (Fsp3) is 0.600. The zero-order valence-electron chi connectivity index (χ0n) is 11.5. The van der Waals surface area contributed by atoms with Crippen molar-refractivity contribution < 1.29 is 4.39 Å². The van der Waals surface area contributed by atoms with Crippen molar-refractivity contribution in [2.75, 3.05) is 20.1 Å². The van der Waals surface area contributed by atoms with Gasteiger partial charge in [-0.15, -0.1) is 0 Å². The Labute approximate surface area is 109 Å². The molecule has 100 valence electrons. The van der Waals surface area contributed by atoms with Crippen molar-refractivity contribution >= 4 is 0 Å². The Morgan fingerprint density at radius 2 is 2.22 bits per heavy atom. The zero-order valence-corrected chi connectivity index (χ0v) is 11.5. The van der Waals surface area contributed by atoms with Crippen molar-refractivity contribution in [1.29, 1.82) is 0 Å². The van der Waals surface area contributed by atoms with Crippen LogP contribution in [0.3, 0.4) is 0 Å². The van der Waals surface area contributed by atoms with E-state index in [1.54, 1.807) is 13.0 Å². The van der Waals surface area contributed by atoms with Crippen LogP contribution < -0.4 is 5.32 Å². The topological polar surface area (TPSA) is 15.3 Å². The van der Waals surface area contributed by atoms with Crippen LogP contribution in [0.5, 0.6) is 0 Å². The number of benzene rings is 1. The lowest BCUT2D eigenvalue weighted by Crippen LogP contribution is -2.46. The first-order chi connectivity index (χ1) is 8.56. The maximum atomic E-state index is 13.4. The predicted molar refractivity (Wildman–Crippen MR) is 73.0 cm³/mol. The molecule has 1 saturated heterocycles. The molecule has 1 N–H and O–H groups in total. The summed E-state index contributed by atoms with van der Waals surface area (Å²) in [5.41, 5.74) is 1.75. The van der Waals surface area contributed by atoms with Gasteiger partial charge < -0.3 is 10.2 Å². The van der Waals surface area contributed by atoms with Gasteiger partial charge in [-0.1, -0.05) is 19.1 Å². The number of aryl methyl sites for hydroxylation is 1. The Bertz CT molecular complexity index is 405. The van der Waals surface area contributed by atoms with E-state index < -0.39 is 0 Å². The van der Waals surface area contributed by atoms with E-state index in [1.807, 2.05) is 12.1 Å². The van der Waals surface area contributed by atoms with Crippen LogP contribution in [0.4, 0.5) is 4.39 Å². The number of piperidine rings is 1. The summed E-state index contributed by atoms with van der Waals surface area (Å²) in [6.07, 6.45) is 1.17. The summed E-state index contributed by atoms with van der Waals surface area (Å²) in [6.45, 7) is 7.12. The molecule has 2 unspecified atom stereocenters. The van der Waals surface area contributed by atoms with E-state index in [0.29, 0.717) is 17.5 Å². The van der Waals surface area contributed by atoms with E-state index in [4.69, 9.17) is 0 Å². The van der Waals surface area contributed by atoms with E-state index >= 15 is 0 Å². The smallest absolute Gasteiger partial charge is 0.126 e. The monoisotopic (exact) mass is 250 g/mol. The molecule has 0 amide bonds. The highest BCUT2D eigenvalue weighted by atomic mass is 19.1. The molecule has 1 fully saturated rings. The molecule has 1 aliphatic heterocycles. The first-order valence-electron chi connectivity index (χ1n) is 6.73. The van der Waals surface area contributed by atoms with Gasteiger partial charge in [0.05, 0.1) is 0 Å². The first kappa shape index (κ1) is 13.5. The molecule has 0 saturated carbocycles. The largest absolute Gasteiger partial charge is 0.310 e. The van der Waals surface area contributed by atoms with Gasteiger partial charge >= 0.3 is 0 Å². The van der Waals surface area contributed by atoms with Gasteiger partial charge in [0.1, 0.15) is 5.82 Å². The summed E-state index contributed by atoms with van der Waals surface area (Å²) in [7, 11) is 2.17. The molecule has 1 aromatic carbocycles. The molecule has 0 aromatic heterocycles. The van der Waals surface area contributed by atoms with Gasteiger partial charge in [-0.3, -0.25) is 0 Å². The Kier molecular flexibility index (Phi) is 4.36. The Morgan fingerprint density at radius 1 is 1.44 bits per heavy atom. The maximum Gasteiger partial charge on any atom is 0.126 e. The van der Waals surface area contributed by atoms with Gasteiger partial charge in [0, 0.05) is 19.1 Å². The Balaban J connectivity index is 1.89. The normalized spacial score (nSPS) is 25.3. The Morgan fingerprint density at radius 3 is 2.89 bits per heavy atom. The third kappa shape index (κ3) is 3.30. The quantitative estimate of drug-likeness (QED) is 0.887. The van der Waals surface area contributed by atoms with Crippen molar-refractivity contribution in [2.45, 2.75) is 32.9 Å². The highest BCUT2D eigenvalue weighted by molar-refractivity contribution is 5.23. The van der Waals surface area contributed by atoms with Crippen LogP contribution in [0.15, 0.2) is 18.2 Å². The number of nitrogens with zero attached hydrogens (tertiary/aromatic N) is 1. The third-order valence-electron chi connectivity index (χ3n) is 3.91. The Hall–Kier alpha value is -0.930. The summed E-state index contributed by atoms with van der Waals surface area (Å²) in [6, 6.07) is 6.04. The number of nitrogens with one attached hydrogen (secondary N) is 1. The van der Waals surface area contributed by atoms with Gasteiger partial charge in [0.15, 0.2) is 0 Å². The summed E-state index contributed by atoms with van der Waals surface area (Å²) in [5.74, 6) is 0.546. The van der Waals surface area contributed by atoms with E-state index in [2.05, 4.69) is 24.2 Å².